The number of nitrogens with zero attached hydrogens (tertiary/aromatic N) is 1. The molecule has 2 aromatic carbocycles. The summed E-state index contributed by atoms with van der Waals surface area (Å²) in [6.07, 6.45) is 2.38. The Hall–Kier alpha value is -2.84. The van der Waals surface area contributed by atoms with Gasteiger partial charge in [0, 0.05) is 9.58 Å². The van der Waals surface area contributed by atoms with Crippen molar-refractivity contribution in [2.45, 2.75) is 38.5 Å². The van der Waals surface area contributed by atoms with E-state index in [1.165, 1.54) is 4.88 Å². The van der Waals surface area contributed by atoms with Gasteiger partial charge in [-0.25, -0.2) is 0 Å². The predicted molar refractivity (Wildman–Crippen MR) is 107 cm³/mol. The fourth-order valence-electron chi connectivity index (χ4n) is 3.35. The number of benzene rings is 2. The number of rotatable bonds is 7. The Morgan fingerprint density at radius 2 is 2.00 bits per heavy atom. The fourth-order valence-corrected chi connectivity index (χ4v) is 4.39. The zero-order valence-electron chi connectivity index (χ0n) is 15.1. The van der Waals surface area contributed by atoms with Crippen molar-refractivity contribution in [2.75, 3.05) is 0 Å². The highest BCUT2D eigenvalue weighted by atomic mass is 32.1. The Morgan fingerprint density at radius 3 is 2.70 bits per heavy atom. The largest absolute Gasteiger partial charge is 0.508 e. The number of hydrogen-bond acceptors (Lipinski definition) is 4. The number of carboxylic acid groups (broad SMARTS) is 1. The van der Waals surface area contributed by atoms with E-state index in [9.17, 15) is 9.90 Å². The molecule has 0 saturated heterocycles. The summed E-state index contributed by atoms with van der Waals surface area (Å²) in [6, 6.07) is 15.4. The third kappa shape index (κ3) is 4.66. The lowest BCUT2D eigenvalue weighted by molar-refractivity contribution is -0.137. The molecule has 0 saturated carbocycles. The Balaban J connectivity index is 1.77. The summed E-state index contributed by atoms with van der Waals surface area (Å²) >= 11 is 1.71. The molecule has 0 aliphatic rings. The maximum absolute atomic E-state index is 11.1. The number of hydrogen-bond donors (Lipinski definition) is 2. The van der Waals surface area contributed by atoms with Gasteiger partial charge < -0.3 is 10.2 Å². The first-order valence-electron chi connectivity index (χ1n) is 8.95. The highest BCUT2D eigenvalue weighted by Crippen LogP contribution is 2.30. The Morgan fingerprint density at radius 1 is 1.19 bits per heavy atom. The van der Waals surface area contributed by atoms with Gasteiger partial charge in [-0.2, -0.15) is 5.26 Å². The molecule has 1 unspecified atom stereocenters. The number of carbonyl (C=O) groups is 1. The van der Waals surface area contributed by atoms with Gasteiger partial charge in [-0.15, -0.1) is 11.3 Å². The van der Waals surface area contributed by atoms with Crippen LogP contribution in [-0.2, 0) is 17.6 Å². The van der Waals surface area contributed by atoms with Crippen LogP contribution in [-0.4, -0.2) is 16.2 Å². The topological polar surface area (TPSA) is 81.3 Å². The molecule has 4 nitrogen and oxygen atoms in total. The van der Waals surface area contributed by atoms with Gasteiger partial charge in [0.2, 0.25) is 0 Å². The summed E-state index contributed by atoms with van der Waals surface area (Å²) in [5, 5.41) is 29.3. The third-order valence-electron chi connectivity index (χ3n) is 4.74. The van der Waals surface area contributed by atoms with Crippen molar-refractivity contribution in [1.82, 2.24) is 0 Å². The van der Waals surface area contributed by atoms with Gasteiger partial charge >= 0.3 is 5.97 Å². The van der Waals surface area contributed by atoms with Crippen molar-refractivity contribution in [3.63, 3.8) is 0 Å². The molecular weight excluding hydrogens is 358 g/mol. The number of thiophene rings is 1. The van der Waals surface area contributed by atoms with Gasteiger partial charge in [0.1, 0.15) is 5.75 Å². The highest BCUT2D eigenvalue weighted by Gasteiger charge is 2.15. The molecule has 0 aliphatic heterocycles. The average molecular weight is 379 g/mol. The van der Waals surface area contributed by atoms with Crippen LogP contribution in [0, 0.1) is 11.3 Å². The van der Waals surface area contributed by atoms with Crippen LogP contribution in [0.3, 0.4) is 0 Å². The maximum atomic E-state index is 11.1. The van der Waals surface area contributed by atoms with Crippen LogP contribution in [0.4, 0.5) is 0 Å². The number of carboxylic acids is 1. The van der Waals surface area contributed by atoms with Crippen LogP contribution in [0.25, 0.3) is 10.1 Å². The van der Waals surface area contributed by atoms with Crippen molar-refractivity contribution >= 4 is 27.4 Å². The first-order chi connectivity index (χ1) is 13.0. The number of aromatic hydroxyl groups is 1. The second-order valence-corrected chi connectivity index (χ2v) is 7.88. The van der Waals surface area contributed by atoms with Crippen LogP contribution in [0.5, 0.6) is 5.75 Å². The molecule has 0 aliphatic carbocycles. The van der Waals surface area contributed by atoms with E-state index < -0.39 is 5.97 Å². The Labute approximate surface area is 162 Å². The van der Waals surface area contributed by atoms with Crippen molar-refractivity contribution in [1.29, 1.82) is 5.26 Å². The number of fused-ring (bicyclic) bond motifs is 1. The molecular formula is C22H21NO3S. The minimum absolute atomic E-state index is 0.0664. The smallest absolute Gasteiger partial charge is 0.303 e. The molecule has 1 heterocycles. The quantitative estimate of drug-likeness (QED) is 0.589. The molecule has 0 spiro atoms. The number of aliphatic carboxylic acids is 1. The Bertz CT molecular complexity index is 1020. The van der Waals surface area contributed by atoms with Crippen LogP contribution >= 0.6 is 11.3 Å². The maximum Gasteiger partial charge on any atom is 0.303 e. The van der Waals surface area contributed by atoms with Crippen LogP contribution < -0.4 is 0 Å². The lowest BCUT2D eigenvalue weighted by atomic mass is 9.91. The summed E-state index contributed by atoms with van der Waals surface area (Å²) in [6.45, 7) is 1.96. The molecule has 0 amide bonds. The monoisotopic (exact) mass is 379 g/mol. The Kier molecular flexibility index (Phi) is 5.78. The normalized spacial score (nSPS) is 12.0. The minimum atomic E-state index is -0.825. The second-order valence-electron chi connectivity index (χ2n) is 6.71. The van der Waals surface area contributed by atoms with E-state index in [2.05, 4.69) is 12.1 Å². The second kappa shape index (κ2) is 8.24. The zero-order chi connectivity index (χ0) is 19.4. The van der Waals surface area contributed by atoms with Gasteiger partial charge in [0.15, 0.2) is 0 Å². The summed E-state index contributed by atoms with van der Waals surface area (Å²) in [5.41, 5.74) is 2.54. The predicted octanol–water partition coefficient (Wildman–Crippen LogP) is 5.23. The van der Waals surface area contributed by atoms with Gasteiger partial charge in [0.25, 0.3) is 0 Å². The molecule has 3 aromatic rings. The zero-order valence-corrected chi connectivity index (χ0v) is 15.9. The first-order valence-corrected chi connectivity index (χ1v) is 9.77. The van der Waals surface area contributed by atoms with E-state index in [4.69, 9.17) is 10.4 Å². The SMILES string of the molecule is CCC(CC(=O)O)c1cc(O)cc(CCc2cc3cc(C#N)ccc3s2)c1. The molecule has 1 aromatic heterocycles. The molecule has 0 bridgehead atoms. The van der Waals surface area contributed by atoms with E-state index in [0.29, 0.717) is 12.0 Å². The van der Waals surface area contributed by atoms with E-state index >= 15 is 0 Å². The van der Waals surface area contributed by atoms with Crippen LogP contribution in [0.1, 0.15) is 47.3 Å². The minimum Gasteiger partial charge on any atom is -0.508 e. The summed E-state index contributed by atoms with van der Waals surface area (Å²) in [4.78, 5) is 12.3. The molecule has 2 N–H and O–H groups in total. The van der Waals surface area contributed by atoms with Crippen molar-refractivity contribution < 1.29 is 15.0 Å². The first kappa shape index (κ1) is 18.9. The molecule has 5 heteroatoms. The van der Waals surface area contributed by atoms with Gasteiger partial charge in [0.05, 0.1) is 18.1 Å². The summed E-state index contributed by atoms with van der Waals surface area (Å²) in [5.74, 6) is -0.739. The van der Waals surface area contributed by atoms with Crippen molar-refractivity contribution in [3.05, 3.63) is 64.0 Å². The standard InChI is InChI=1S/C22H21NO3S/c1-2-16(12-22(25)26)17-7-14(9-19(24)10-17)3-5-20-11-18-8-15(13-23)4-6-21(18)27-20/h4,6-11,16,24H,2-3,5,12H2,1H3,(H,25,26). The molecule has 3 rings (SSSR count). The van der Waals surface area contributed by atoms with Crippen LogP contribution in [0.2, 0.25) is 0 Å². The molecule has 1 atom stereocenters. The number of nitriles is 1. The van der Waals surface area contributed by atoms with Gasteiger partial charge in [-0.1, -0.05) is 13.0 Å². The lowest BCUT2D eigenvalue weighted by Gasteiger charge is -2.15. The average Bonchev–Trinajstić information content (AvgIpc) is 3.05. The summed E-state index contributed by atoms with van der Waals surface area (Å²) < 4.78 is 1.16. The van der Waals surface area contributed by atoms with Crippen LogP contribution in [0.15, 0.2) is 42.5 Å². The van der Waals surface area contributed by atoms with E-state index in [1.54, 1.807) is 23.5 Å². The lowest BCUT2D eigenvalue weighted by Crippen LogP contribution is -2.06. The summed E-state index contributed by atoms with van der Waals surface area (Å²) in [7, 11) is 0. The molecule has 27 heavy (non-hydrogen) atoms. The number of phenols is 1. The number of aryl methyl sites for hydroxylation is 2. The van der Waals surface area contributed by atoms with Crippen molar-refractivity contribution in [2.24, 2.45) is 0 Å². The van der Waals surface area contributed by atoms with E-state index in [-0.39, 0.29) is 18.1 Å². The molecule has 0 fully saturated rings. The van der Waals surface area contributed by atoms with E-state index in [1.807, 2.05) is 31.2 Å². The van der Waals surface area contributed by atoms with Gasteiger partial charge in [-0.05, 0) is 78.1 Å². The van der Waals surface area contributed by atoms with E-state index in [0.717, 1.165) is 34.1 Å². The third-order valence-corrected chi connectivity index (χ3v) is 5.92. The van der Waals surface area contributed by atoms with Crippen molar-refractivity contribution in [3.8, 4) is 11.8 Å². The fraction of sp³-hybridized carbons (Fsp3) is 0.273. The molecule has 0 radical (unpaired) electrons. The number of phenolic OH excluding ortho intramolecular Hbond substituents is 1. The highest BCUT2D eigenvalue weighted by molar-refractivity contribution is 7.19. The molecule has 138 valence electrons. The van der Waals surface area contributed by atoms with Gasteiger partial charge in [-0.3, -0.25) is 4.79 Å².